The van der Waals surface area contributed by atoms with Crippen molar-refractivity contribution in [2.24, 2.45) is 0 Å². The van der Waals surface area contributed by atoms with Gasteiger partial charge in [0.05, 0.1) is 0 Å². The number of carbonyl (C=O) groups excluding carboxylic acids is 1. The van der Waals surface area contributed by atoms with Gasteiger partial charge in [0.15, 0.2) is 5.78 Å². The van der Waals surface area contributed by atoms with Crippen LogP contribution in [-0.4, -0.2) is 18.4 Å². The summed E-state index contributed by atoms with van der Waals surface area (Å²) in [4.78, 5) is 11.1. The highest BCUT2D eigenvalue weighted by Crippen LogP contribution is 1.98. The second-order valence-electron chi connectivity index (χ2n) is 2.87. The molecule has 0 amide bonds. The molecule has 1 N–H and O–H groups in total. The van der Waals surface area contributed by atoms with Crippen molar-refractivity contribution in [3.05, 3.63) is 12.2 Å². The number of ketones is 1. The maximum atomic E-state index is 11.1. The van der Waals surface area contributed by atoms with Gasteiger partial charge in [0, 0.05) is 12.5 Å². The lowest BCUT2D eigenvalue weighted by Crippen LogP contribution is -2.28. The number of hydrogen-bond acceptors (Lipinski definition) is 2. The zero-order valence-electron chi connectivity index (χ0n) is 7.61. The molecule has 2 nitrogen and oxygen atoms in total. The third kappa shape index (κ3) is 4.73. The molecule has 0 spiro atoms. The van der Waals surface area contributed by atoms with E-state index in [9.17, 15) is 4.79 Å². The predicted octanol–water partition coefficient (Wildman–Crippen LogP) is 1.52. The van der Waals surface area contributed by atoms with E-state index in [1.807, 2.05) is 13.8 Å². The van der Waals surface area contributed by atoms with Crippen LogP contribution in [0.1, 0.15) is 27.2 Å². The first-order valence-electron chi connectivity index (χ1n) is 4.00. The first-order chi connectivity index (χ1) is 5.07. The van der Waals surface area contributed by atoms with E-state index in [-0.39, 0.29) is 11.8 Å². The third-order valence-electron chi connectivity index (χ3n) is 1.52. The molecule has 0 aromatic carbocycles. The summed E-state index contributed by atoms with van der Waals surface area (Å²) in [5.74, 6) is 0.151. The van der Waals surface area contributed by atoms with Gasteiger partial charge in [0.25, 0.3) is 0 Å². The van der Waals surface area contributed by atoms with Gasteiger partial charge >= 0.3 is 0 Å². The van der Waals surface area contributed by atoms with Crippen molar-refractivity contribution in [1.82, 2.24) is 5.32 Å². The minimum Gasteiger partial charge on any atom is -0.314 e. The maximum Gasteiger partial charge on any atom is 0.159 e. The van der Waals surface area contributed by atoms with Gasteiger partial charge in [-0.1, -0.05) is 13.5 Å². The summed E-state index contributed by atoms with van der Waals surface area (Å²) in [6, 6.07) is 0.268. The first kappa shape index (κ1) is 10.4. The number of Topliss-reactive ketones (excluding diaryl/α,β-unsaturated/α-hetero) is 1. The van der Waals surface area contributed by atoms with Gasteiger partial charge in [-0.25, -0.2) is 0 Å². The smallest absolute Gasteiger partial charge is 0.159 e. The van der Waals surface area contributed by atoms with Gasteiger partial charge in [-0.05, 0) is 26.0 Å². The Hall–Kier alpha value is -0.630. The molecule has 0 radical (unpaired) electrons. The molecule has 0 rings (SSSR count). The molecule has 0 aromatic rings. The van der Waals surface area contributed by atoms with Crippen LogP contribution in [0.15, 0.2) is 12.2 Å². The summed E-state index contributed by atoms with van der Waals surface area (Å²) < 4.78 is 0. The third-order valence-corrected chi connectivity index (χ3v) is 1.52. The van der Waals surface area contributed by atoms with E-state index in [2.05, 4.69) is 11.9 Å². The standard InChI is InChI=1S/C9H17NO/c1-5-10-8(4)6-9(11)7(2)3/h8,10H,2,5-6H2,1,3-4H3. The topological polar surface area (TPSA) is 29.1 Å². The molecule has 0 bridgehead atoms. The van der Waals surface area contributed by atoms with Crippen molar-refractivity contribution in [2.75, 3.05) is 6.54 Å². The van der Waals surface area contributed by atoms with Gasteiger partial charge in [-0.15, -0.1) is 0 Å². The van der Waals surface area contributed by atoms with E-state index in [1.165, 1.54) is 0 Å². The van der Waals surface area contributed by atoms with Crippen LogP contribution in [0.2, 0.25) is 0 Å². The predicted molar refractivity (Wildman–Crippen MR) is 47.6 cm³/mol. The molecule has 1 atom stereocenters. The normalized spacial score (nSPS) is 12.6. The minimum atomic E-state index is 0.151. The van der Waals surface area contributed by atoms with Crippen molar-refractivity contribution < 1.29 is 4.79 Å². The van der Waals surface area contributed by atoms with E-state index in [1.54, 1.807) is 6.92 Å². The Balaban J connectivity index is 3.66. The Kier molecular flexibility index (Phi) is 4.79. The Labute approximate surface area is 68.7 Å². The van der Waals surface area contributed by atoms with Crippen LogP contribution in [-0.2, 0) is 4.79 Å². The fourth-order valence-corrected chi connectivity index (χ4v) is 0.873. The lowest BCUT2D eigenvalue weighted by molar-refractivity contribution is -0.115. The summed E-state index contributed by atoms with van der Waals surface area (Å²) >= 11 is 0. The Morgan fingerprint density at radius 2 is 2.18 bits per heavy atom. The molecule has 1 unspecified atom stereocenters. The zero-order valence-corrected chi connectivity index (χ0v) is 7.61. The molecular formula is C9H17NO. The van der Waals surface area contributed by atoms with Crippen LogP contribution >= 0.6 is 0 Å². The van der Waals surface area contributed by atoms with E-state index in [0.29, 0.717) is 12.0 Å². The summed E-state index contributed by atoms with van der Waals surface area (Å²) in [6.07, 6.45) is 0.559. The quantitative estimate of drug-likeness (QED) is 0.610. The average Bonchev–Trinajstić information content (AvgIpc) is 1.87. The fourth-order valence-electron chi connectivity index (χ4n) is 0.873. The minimum absolute atomic E-state index is 0.151. The van der Waals surface area contributed by atoms with Crippen molar-refractivity contribution in [1.29, 1.82) is 0 Å². The van der Waals surface area contributed by atoms with Crippen molar-refractivity contribution in [3.8, 4) is 0 Å². The van der Waals surface area contributed by atoms with Gasteiger partial charge < -0.3 is 5.32 Å². The van der Waals surface area contributed by atoms with Crippen LogP contribution in [0.5, 0.6) is 0 Å². The molecule has 0 aliphatic heterocycles. The second kappa shape index (κ2) is 5.08. The number of rotatable bonds is 5. The Bertz CT molecular complexity index is 152. The molecule has 0 saturated carbocycles. The van der Waals surface area contributed by atoms with Gasteiger partial charge in [0.2, 0.25) is 0 Å². The number of carbonyl (C=O) groups is 1. The monoisotopic (exact) mass is 155 g/mol. The first-order valence-corrected chi connectivity index (χ1v) is 4.00. The Morgan fingerprint density at radius 1 is 1.64 bits per heavy atom. The summed E-state index contributed by atoms with van der Waals surface area (Å²) in [5, 5.41) is 3.17. The molecule has 11 heavy (non-hydrogen) atoms. The zero-order chi connectivity index (χ0) is 8.85. The van der Waals surface area contributed by atoms with E-state index < -0.39 is 0 Å². The highest BCUT2D eigenvalue weighted by molar-refractivity contribution is 5.94. The molecule has 0 aromatic heterocycles. The lowest BCUT2D eigenvalue weighted by Gasteiger charge is -2.10. The van der Waals surface area contributed by atoms with E-state index >= 15 is 0 Å². The summed E-state index contributed by atoms with van der Waals surface area (Å²) in [6.45, 7) is 10.3. The lowest BCUT2D eigenvalue weighted by atomic mass is 10.1. The van der Waals surface area contributed by atoms with Crippen molar-refractivity contribution in [3.63, 3.8) is 0 Å². The van der Waals surface area contributed by atoms with Gasteiger partial charge in [-0.2, -0.15) is 0 Å². The largest absolute Gasteiger partial charge is 0.314 e. The van der Waals surface area contributed by atoms with Crippen LogP contribution in [0, 0.1) is 0 Å². The summed E-state index contributed by atoms with van der Waals surface area (Å²) in [7, 11) is 0. The molecule has 0 heterocycles. The van der Waals surface area contributed by atoms with Crippen LogP contribution in [0.3, 0.4) is 0 Å². The molecule has 0 aliphatic carbocycles. The van der Waals surface area contributed by atoms with Gasteiger partial charge in [0.1, 0.15) is 0 Å². The van der Waals surface area contributed by atoms with E-state index in [4.69, 9.17) is 0 Å². The maximum absolute atomic E-state index is 11.1. The highest BCUT2D eigenvalue weighted by Gasteiger charge is 2.07. The Morgan fingerprint density at radius 3 is 2.55 bits per heavy atom. The summed E-state index contributed by atoms with van der Waals surface area (Å²) in [5.41, 5.74) is 0.648. The second-order valence-corrected chi connectivity index (χ2v) is 2.87. The fraction of sp³-hybridized carbons (Fsp3) is 0.667. The molecule has 0 fully saturated rings. The average molecular weight is 155 g/mol. The van der Waals surface area contributed by atoms with Crippen LogP contribution in [0.4, 0.5) is 0 Å². The van der Waals surface area contributed by atoms with Crippen molar-refractivity contribution >= 4 is 5.78 Å². The number of hydrogen-bond donors (Lipinski definition) is 1. The highest BCUT2D eigenvalue weighted by atomic mass is 16.1. The number of allylic oxidation sites excluding steroid dienone is 1. The number of nitrogens with one attached hydrogen (secondary N) is 1. The van der Waals surface area contributed by atoms with Gasteiger partial charge in [-0.3, -0.25) is 4.79 Å². The molecule has 0 aliphatic rings. The molecule has 64 valence electrons. The van der Waals surface area contributed by atoms with E-state index in [0.717, 1.165) is 6.54 Å². The molecule has 0 saturated heterocycles. The molecular weight excluding hydrogens is 138 g/mol. The van der Waals surface area contributed by atoms with Crippen molar-refractivity contribution in [2.45, 2.75) is 33.2 Å². The van der Waals surface area contributed by atoms with Crippen LogP contribution in [0.25, 0.3) is 0 Å². The SMILES string of the molecule is C=C(C)C(=O)CC(C)NCC. The van der Waals surface area contributed by atoms with Crippen LogP contribution < -0.4 is 5.32 Å². The molecule has 2 heteroatoms.